The minimum atomic E-state index is 0.315. The molecule has 0 fully saturated rings. The van der Waals surface area contributed by atoms with Gasteiger partial charge in [0, 0.05) is 5.37 Å². The monoisotopic (exact) mass is 105 g/mol. The maximum Gasteiger partial charge on any atom is 0.0478 e. The summed E-state index contributed by atoms with van der Waals surface area (Å²) in [7, 11) is 0. The molecule has 0 aliphatic carbocycles. The first-order valence-electron chi connectivity index (χ1n) is 2.14. The Morgan fingerprint density at radius 2 is 2.33 bits per heavy atom. The molecule has 0 amide bonds. The Bertz CT molecular complexity index is 28.7. The SMILES string of the molecule is CCSC(C)N. The Hall–Kier alpha value is 0.310. The first-order chi connectivity index (χ1) is 2.77. The van der Waals surface area contributed by atoms with Crippen LogP contribution in [0.5, 0.6) is 0 Å². The van der Waals surface area contributed by atoms with Crippen molar-refractivity contribution in [2.45, 2.75) is 19.2 Å². The van der Waals surface area contributed by atoms with Crippen molar-refractivity contribution in [3.63, 3.8) is 0 Å². The molecule has 1 nitrogen and oxygen atoms in total. The van der Waals surface area contributed by atoms with Crippen LogP contribution in [0.2, 0.25) is 0 Å². The number of rotatable bonds is 2. The number of hydrogen-bond donors (Lipinski definition) is 1. The average molecular weight is 105 g/mol. The van der Waals surface area contributed by atoms with E-state index in [1.807, 2.05) is 6.92 Å². The Morgan fingerprint density at radius 1 is 1.83 bits per heavy atom. The molecule has 0 spiro atoms. The van der Waals surface area contributed by atoms with Gasteiger partial charge in [-0.25, -0.2) is 0 Å². The second-order valence-electron chi connectivity index (χ2n) is 1.16. The van der Waals surface area contributed by atoms with E-state index in [0.717, 1.165) is 5.75 Å². The van der Waals surface area contributed by atoms with Gasteiger partial charge >= 0.3 is 0 Å². The van der Waals surface area contributed by atoms with Crippen LogP contribution in [0.3, 0.4) is 0 Å². The van der Waals surface area contributed by atoms with Crippen LogP contribution < -0.4 is 5.73 Å². The van der Waals surface area contributed by atoms with E-state index in [-0.39, 0.29) is 0 Å². The summed E-state index contributed by atoms with van der Waals surface area (Å²) in [6.45, 7) is 4.10. The zero-order chi connectivity index (χ0) is 4.99. The second-order valence-corrected chi connectivity index (χ2v) is 2.81. The van der Waals surface area contributed by atoms with E-state index < -0.39 is 0 Å². The lowest BCUT2D eigenvalue weighted by Crippen LogP contribution is -2.08. The van der Waals surface area contributed by atoms with Crippen molar-refractivity contribution < 1.29 is 0 Å². The van der Waals surface area contributed by atoms with Crippen LogP contribution in [0.1, 0.15) is 13.8 Å². The Morgan fingerprint density at radius 3 is 2.33 bits per heavy atom. The predicted octanol–water partition coefficient (Wildman–Crippen LogP) is 1.04. The van der Waals surface area contributed by atoms with Gasteiger partial charge in [-0.05, 0) is 12.7 Å². The van der Waals surface area contributed by atoms with Crippen molar-refractivity contribution in [3.05, 3.63) is 0 Å². The predicted molar refractivity (Wildman–Crippen MR) is 31.8 cm³/mol. The number of thioether (sulfide) groups is 1. The molecule has 2 heteroatoms. The first kappa shape index (κ1) is 6.31. The minimum Gasteiger partial charge on any atom is -0.320 e. The fraction of sp³-hybridized carbons (Fsp3) is 1.00. The van der Waals surface area contributed by atoms with Gasteiger partial charge in [-0.1, -0.05) is 6.92 Å². The quantitative estimate of drug-likeness (QED) is 0.531. The number of nitrogens with two attached hydrogens (primary N) is 1. The molecular weight excluding hydrogens is 94.1 g/mol. The average Bonchev–Trinajstić information content (AvgIpc) is 1.35. The lowest BCUT2D eigenvalue weighted by Gasteiger charge is -1.97. The third-order valence-electron chi connectivity index (χ3n) is 0.430. The zero-order valence-corrected chi connectivity index (χ0v) is 5.09. The van der Waals surface area contributed by atoms with E-state index in [4.69, 9.17) is 5.73 Å². The summed E-state index contributed by atoms with van der Waals surface area (Å²) < 4.78 is 0. The van der Waals surface area contributed by atoms with Crippen molar-refractivity contribution in [1.29, 1.82) is 0 Å². The Kier molecular flexibility index (Phi) is 3.68. The minimum absolute atomic E-state index is 0.315. The van der Waals surface area contributed by atoms with Crippen molar-refractivity contribution in [2.24, 2.45) is 5.73 Å². The topological polar surface area (TPSA) is 26.0 Å². The van der Waals surface area contributed by atoms with Gasteiger partial charge in [0.25, 0.3) is 0 Å². The molecule has 1 unspecified atom stereocenters. The highest BCUT2D eigenvalue weighted by atomic mass is 32.2. The Labute approximate surface area is 43.3 Å². The van der Waals surface area contributed by atoms with Crippen molar-refractivity contribution in [1.82, 2.24) is 0 Å². The molecule has 0 bridgehead atoms. The van der Waals surface area contributed by atoms with Gasteiger partial charge < -0.3 is 5.73 Å². The molecule has 6 heavy (non-hydrogen) atoms. The lowest BCUT2D eigenvalue weighted by atomic mass is 10.8. The first-order valence-corrected chi connectivity index (χ1v) is 3.19. The van der Waals surface area contributed by atoms with E-state index in [1.165, 1.54) is 0 Å². The molecule has 0 aliphatic rings. The van der Waals surface area contributed by atoms with E-state index in [1.54, 1.807) is 11.8 Å². The summed E-state index contributed by atoms with van der Waals surface area (Å²) in [5, 5.41) is 0.315. The largest absolute Gasteiger partial charge is 0.320 e. The molecule has 2 N–H and O–H groups in total. The van der Waals surface area contributed by atoms with Crippen molar-refractivity contribution in [2.75, 3.05) is 5.75 Å². The van der Waals surface area contributed by atoms with Gasteiger partial charge in [-0.2, -0.15) is 0 Å². The van der Waals surface area contributed by atoms with Gasteiger partial charge in [-0.3, -0.25) is 0 Å². The molecule has 0 saturated heterocycles. The lowest BCUT2D eigenvalue weighted by molar-refractivity contribution is 1.05. The molecule has 0 aliphatic heterocycles. The molecule has 0 rings (SSSR count). The standard InChI is InChI=1S/C4H11NS/c1-3-6-4(2)5/h4H,3,5H2,1-2H3. The van der Waals surface area contributed by atoms with Gasteiger partial charge in [0.05, 0.1) is 0 Å². The molecule has 0 aromatic carbocycles. The molecular formula is C4H11NS. The maximum atomic E-state index is 5.37. The van der Waals surface area contributed by atoms with Crippen LogP contribution in [-0.2, 0) is 0 Å². The summed E-state index contributed by atoms with van der Waals surface area (Å²) in [5.41, 5.74) is 5.37. The van der Waals surface area contributed by atoms with E-state index in [2.05, 4.69) is 6.92 Å². The normalized spacial score (nSPS) is 14.5. The highest BCUT2D eigenvalue weighted by molar-refractivity contribution is 7.99. The summed E-state index contributed by atoms with van der Waals surface area (Å²) >= 11 is 1.76. The molecule has 1 atom stereocenters. The van der Waals surface area contributed by atoms with Gasteiger partial charge in [0.1, 0.15) is 0 Å². The van der Waals surface area contributed by atoms with Crippen LogP contribution in [0, 0.1) is 0 Å². The summed E-state index contributed by atoms with van der Waals surface area (Å²) in [5.74, 6) is 1.12. The van der Waals surface area contributed by atoms with E-state index in [0.29, 0.717) is 5.37 Å². The smallest absolute Gasteiger partial charge is 0.0478 e. The second kappa shape index (κ2) is 3.50. The summed E-state index contributed by atoms with van der Waals surface area (Å²) in [4.78, 5) is 0. The van der Waals surface area contributed by atoms with Crippen LogP contribution in [0.25, 0.3) is 0 Å². The van der Waals surface area contributed by atoms with Gasteiger partial charge in [-0.15, -0.1) is 11.8 Å². The maximum absolute atomic E-state index is 5.37. The third-order valence-corrected chi connectivity index (χ3v) is 1.29. The van der Waals surface area contributed by atoms with Crippen LogP contribution in [-0.4, -0.2) is 11.1 Å². The van der Waals surface area contributed by atoms with Crippen LogP contribution >= 0.6 is 11.8 Å². The number of hydrogen-bond acceptors (Lipinski definition) is 2. The highest BCUT2D eigenvalue weighted by Gasteiger charge is 1.85. The summed E-state index contributed by atoms with van der Waals surface area (Å²) in [6.07, 6.45) is 0. The van der Waals surface area contributed by atoms with Crippen LogP contribution in [0.4, 0.5) is 0 Å². The van der Waals surface area contributed by atoms with Crippen molar-refractivity contribution in [3.8, 4) is 0 Å². The highest BCUT2D eigenvalue weighted by Crippen LogP contribution is 2.00. The zero-order valence-electron chi connectivity index (χ0n) is 4.27. The molecule has 0 saturated carbocycles. The summed E-state index contributed by atoms with van der Waals surface area (Å²) in [6, 6.07) is 0. The van der Waals surface area contributed by atoms with E-state index >= 15 is 0 Å². The molecule has 38 valence electrons. The molecule has 0 aromatic heterocycles. The Balaban J connectivity index is 2.63. The fourth-order valence-electron chi connectivity index (χ4n) is 0.263. The van der Waals surface area contributed by atoms with Gasteiger partial charge in [0.15, 0.2) is 0 Å². The van der Waals surface area contributed by atoms with Gasteiger partial charge in [0.2, 0.25) is 0 Å². The third kappa shape index (κ3) is 4.31. The van der Waals surface area contributed by atoms with Crippen molar-refractivity contribution >= 4 is 11.8 Å². The molecule has 0 aromatic rings. The fourth-order valence-corrected chi connectivity index (χ4v) is 0.789. The molecule has 0 heterocycles. The molecule has 0 radical (unpaired) electrons. The van der Waals surface area contributed by atoms with E-state index in [9.17, 15) is 0 Å². The van der Waals surface area contributed by atoms with Crippen LogP contribution in [0.15, 0.2) is 0 Å².